The summed E-state index contributed by atoms with van der Waals surface area (Å²) in [4.78, 5) is 0. The van der Waals surface area contributed by atoms with Crippen molar-refractivity contribution in [2.45, 2.75) is 64.3 Å². The molecule has 1 aromatic rings. The van der Waals surface area contributed by atoms with Gasteiger partial charge in [-0.2, -0.15) is 0 Å². The summed E-state index contributed by atoms with van der Waals surface area (Å²) < 4.78 is 0. The summed E-state index contributed by atoms with van der Waals surface area (Å²) in [5.41, 5.74) is 2.71. The van der Waals surface area contributed by atoms with E-state index in [1.54, 1.807) is 0 Å². The van der Waals surface area contributed by atoms with Gasteiger partial charge in [0.05, 0.1) is 0 Å². The topological polar surface area (TPSA) is 32.3 Å². The van der Waals surface area contributed by atoms with Crippen LogP contribution in [0.2, 0.25) is 0 Å². The molecule has 1 aromatic carbocycles. The average molecular weight is 261 g/mol. The fourth-order valence-corrected chi connectivity index (χ4v) is 3.00. The van der Waals surface area contributed by atoms with Gasteiger partial charge in [0.25, 0.3) is 0 Å². The van der Waals surface area contributed by atoms with Crippen LogP contribution in [0.3, 0.4) is 0 Å². The predicted molar refractivity (Wildman–Crippen MR) is 80.5 cm³/mol. The molecule has 2 N–H and O–H groups in total. The van der Waals surface area contributed by atoms with E-state index in [2.05, 4.69) is 18.3 Å². The first kappa shape index (κ1) is 14.4. The smallest absolute Gasteiger partial charge is 0.115 e. The summed E-state index contributed by atoms with van der Waals surface area (Å²) in [7, 11) is 0. The van der Waals surface area contributed by atoms with Crippen molar-refractivity contribution in [2.24, 2.45) is 0 Å². The lowest BCUT2D eigenvalue weighted by atomic mass is 10.1. The van der Waals surface area contributed by atoms with Crippen LogP contribution < -0.4 is 5.32 Å². The van der Waals surface area contributed by atoms with E-state index in [4.69, 9.17) is 0 Å². The first-order valence-corrected chi connectivity index (χ1v) is 7.86. The lowest BCUT2D eigenvalue weighted by molar-refractivity contribution is 0.474. The molecular formula is C17H27NO. The first-order chi connectivity index (χ1) is 9.31. The van der Waals surface area contributed by atoms with Gasteiger partial charge in [-0.3, -0.25) is 0 Å². The van der Waals surface area contributed by atoms with Gasteiger partial charge in [0.15, 0.2) is 0 Å². The maximum absolute atomic E-state index is 9.48. The standard InChI is InChI=1S/C17H27NO/c1-2-3-4-5-6-7-12-18-17-11-8-14-13-15(19)9-10-16(14)17/h9-10,13,17-19H,2-8,11-12H2,1H3. The fourth-order valence-electron chi connectivity index (χ4n) is 3.00. The van der Waals surface area contributed by atoms with Crippen LogP contribution in [0.15, 0.2) is 18.2 Å². The molecule has 0 heterocycles. The zero-order valence-corrected chi connectivity index (χ0v) is 12.1. The molecule has 0 spiro atoms. The van der Waals surface area contributed by atoms with Gasteiger partial charge in [-0.05, 0) is 49.1 Å². The molecule has 0 saturated heterocycles. The summed E-state index contributed by atoms with van der Waals surface area (Å²) >= 11 is 0. The summed E-state index contributed by atoms with van der Waals surface area (Å²) in [6.45, 7) is 3.38. The van der Waals surface area contributed by atoms with Crippen molar-refractivity contribution in [3.63, 3.8) is 0 Å². The molecule has 0 radical (unpaired) electrons. The average Bonchev–Trinajstić information content (AvgIpc) is 2.80. The maximum atomic E-state index is 9.48. The third-order valence-electron chi connectivity index (χ3n) is 4.13. The van der Waals surface area contributed by atoms with Crippen molar-refractivity contribution < 1.29 is 5.11 Å². The highest BCUT2D eigenvalue weighted by Crippen LogP contribution is 2.33. The van der Waals surface area contributed by atoms with E-state index >= 15 is 0 Å². The van der Waals surface area contributed by atoms with Crippen molar-refractivity contribution in [3.8, 4) is 5.75 Å². The number of benzene rings is 1. The van der Waals surface area contributed by atoms with Gasteiger partial charge in [0.1, 0.15) is 5.75 Å². The third kappa shape index (κ3) is 4.24. The van der Waals surface area contributed by atoms with Crippen LogP contribution >= 0.6 is 0 Å². The molecule has 2 nitrogen and oxygen atoms in total. The molecule has 19 heavy (non-hydrogen) atoms. The Balaban J connectivity index is 1.66. The number of hydrogen-bond donors (Lipinski definition) is 2. The van der Waals surface area contributed by atoms with Crippen molar-refractivity contribution in [2.75, 3.05) is 6.54 Å². The number of fused-ring (bicyclic) bond motifs is 1. The van der Waals surface area contributed by atoms with E-state index in [1.807, 2.05) is 12.1 Å². The monoisotopic (exact) mass is 261 g/mol. The van der Waals surface area contributed by atoms with Crippen LogP contribution in [0.25, 0.3) is 0 Å². The fraction of sp³-hybridized carbons (Fsp3) is 0.647. The molecular weight excluding hydrogens is 234 g/mol. The van der Waals surface area contributed by atoms with Crippen LogP contribution in [0.5, 0.6) is 5.75 Å². The van der Waals surface area contributed by atoms with Gasteiger partial charge in [-0.1, -0.05) is 45.1 Å². The Morgan fingerprint density at radius 3 is 2.79 bits per heavy atom. The second-order valence-corrected chi connectivity index (χ2v) is 5.70. The summed E-state index contributed by atoms with van der Waals surface area (Å²) in [5.74, 6) is 0.398. The van der Waals surface area contributed by atoms with Crippen molar-refractivity contribution in [1.29, 1.82) is 0 Å². The molecule has 106 valence electrons. The number of unbranched alkanes of at least 4 members (excludes halogenated alkanes) is 5. The number of rotatable bonds is 8. The van der Waals surface area contributed by atoms with E-state index < -0.39 is 0 Å². The zero-order chi connectivity index (χ0) is 13.5. The largest absolute Gasteiger partial charge is 0.508 e. The van der Waals surface area contributed by atoms with E-state index in [1.165, 1.54) is 56.1 Å². The van der Waals surface area contributed by atoms with E-state index in [-0.39, 0.29) is 0 Å². The van der Waals surface area contributed by atoms with E-state index in [0.29, 0.717) is 11.8 Å². The lowest BCUT2D eigenvalue weighted by Gasteiger charge is -2.14. The quantitative estimate of drug-likeness (QED) is 0.683. The van der Waals surface area contributed by atoms with Gasteiger partial charge >= 0.3 is 0 Å². The van der Waals surface area contributed by atoms with Crippen LogP contribution in [0.4, 0.5) is 0 Å². The van der Waals surface area contributed by atoms with Gasteiger partial charge in [-0.25, -0.2) is 0 Å². The van der Waals surface area contributed by atoms with Crippen molar-refractivity contribution in [3.05, 3.63) is 29.3 Å². The molecule has 1 atom stereocenters. The molecule has 0 aromatic heterocycles. The molecule has 0 bridgehead atoms. The number of nitrogens with one attached hydrogen (secondary N) is 1. The van der Waals surface area contributed by atoms with Gasteiger partial charge in [-0.15, -0.1) is 0 Å². The Morgan fingerprint density at radius 2 is 1.95 bits per heavy atom. The minimum Gasteiger partial charge on any atom is -0.508 e. The molecule has 0 fully saturated rings. The van der Waals surface area contributed by atoms with Crippen LogP contribution in [-0.2, 0) is 6.42 Å². The minimum absolute atomic E-state index is 0.398. The molecule has 1 unspecified atom stereocenters. The summed E-state index contributed by atoms with van der Waals surface area (Å²) in [5, 5.41) is 13.1. The Hall–Kier alpha value is -1.02. The molecule has 0 aliphatic heterocycles. The number of hydrogen-bond acceptors (Lipinski definition) is 2. The predicted octanol–water partition coefficient (Wildman–Crippen LogP) is 4.33. The number of aromatic hydroxyl groups is 1. The third-order valence-corrected chi connectivity index (χ3v) is 4.13. The van der Waals surface area contributed by atoms with Crippen molar-refractivity contribution >= 4 is 0 Å². The van der Waals surface area contributed by atoms with Crippen LogP contribution in [0.1, 0.15) is 69.0 Å². The Morgan fingerprint density at radius 1 is 1.16 bits per heavy atom. The Kier molecular flexibility index (Phi) is 5.71. The van der Waals surface area contributed by atoms with Crippen LogP contribution in [0, 0.1) is 0 Å². The van der Waals surface area contributed by atoms with E-state index in [0.717, 1.165) is 13.0 Å². The maximum Gasteiger partial charge on any atom is 0.115 e. The number of aryl methyl sites for hydroxylation is 1. The van der Waals surface area contributed by atoms with Crippen molar-refractivity contribution in [1.82, 2.24) is 5.32 Å². The number of phenolic OH excluding ortho intramolecular Hbond substituents is 1. The highest BCUT2D eigenvalue weighted by Gasteiger charge is 2.21. The van der Waals surface area contributed by atoms with Gasteiger partial charge in [0.2, 0.25) is 0 Å². The minimum atomic E-state index is 0.398. The Labute approximate surface area is 117 Å². The summed E-state index contributed by atoms with van der Waals surface area (Å²) in [6.07, 6.45) is 10.4. The molecule has 1 aliphatic carbocycles. The lowest BCUT2D eigenvalue weighted by Crippen LogP contribution is -2.20. The normalized spacial score (nSPS) is 17.6. The number of phenols is 1. The SMILES string of the molecule is CCCCCCCCNC1CCc2cc(O)ccc21. The second-order valence-electron chi connectivity index (χ2n) is 5.70. The van der Waals surface area contributed by atoms with Crippen LogP contribution in [-0.4, -0.2) is 11.7 Å². The molecule has 2 heteroatoms. The molecule has 0 saturated carbocycles. The highest BCUT2D eigenvalue weighted by atomic mass is 16.3. The van der Waals surface area contributed by atoms with Gasteiger partial charge < -0.3 is 10.4 Å². The highest BCUT2D eigenvalue weighted by molar-refractivity contribution is 5.39. The first-order valence-electron chi connectivity index (χ1n) is 7.86. The molecule has 0 amide bonds. The second kappa shape index (κ2) is 7.54. The molecule has 2 rings (SSSR count). The molecule has 1 aliphatic rings. The zero-order valence-electron chi connectivity index (χ0n) is 12.1. The van der Waals surface area contributed by atoms with E-state index in [9.17, 15) is 5.11 Å². The summed E-state index contributed by atoms with van der Waals surface area (Å²) in [6, 6.07) is 6.31. The Bertz CT molecular complexity index is 389. The van der Waals surface area contributed by atoms with Gasteiger partial charge in [0, 0.05) is 6.04 Å².